The van der Waals surface area contributed by atoms with Gasteiger partial charge in [0.15, 0.2) is 0 Å². The summed E-state index contributed by atoms with van der Waals surface area (Å²) in [5.74, 6) is 0. The molecule has 0 saturated heterocycles. The molecule has 0 aliphatic rings. The van der Waals surface area contributed by atoms with Gasteiger partial charge in [-0.25, -0.2) is 4.39 Å². The van der Waals surface area contributed by atoms with E-state index in [4.69, 9.17) is 16.9 Å². The topological polar surface area (TPSA) is 23.8 Å². The van der Waals surface area contributed by atoms with Crippen LogP contribution in [0.15, 0.2) is 22.7 Å². The van der Waals surface area contributed by atoms with E-state index in [0.717, 1.165) is 0 Å². The van der Waals surface area contributed by atoms with Gasteiger partial charge in [-0.05, 0) is 18.2 Å². The Labute approximate surface area is 82.9 Å². The molecule has 0 fully saturated rings. The van der Waals surface area contributed by atoms with Crippen molar-refractivity contribution in [2.24, 2.45) is 0 Å². The normalized spacial score (nSPS) is 12.2. The fraction of sp³-hybridized carbons (Fsp3) is 0.125. The average Bonchev–Trinajstić information content (AvgIpc) is 2.08. The highest BCUT2D eigenvalue weighted by molar-refractivity contribution is 9.10. The second kappa shape index (κ2) is 3.88. The van der Waals surface area contributed by atoms with Crippen LogP contribution in [0.1, 0.15) is 11.7 Å². The van der Waals surface area contributed by atoms with Crippen LogP contribution in [0.3, 0.4) is 0 Å². The Kier molecular flexibility index (Phi) is 3.07. The zero-order valence-electron chi connectivity index (χ0n) is 5.89. The van der Waals surface area contributed by atoms with Gasteiger partial charge >= 0.3 is 0 Å². The van der Waals surface area contributed by atoms with Crippen molar-refractivity contribution in [3.63, 3.8) is 0 Å². The SMILES string of the molecule is N#CC(F)c1cc(Cl)ccc1Br. The second-order valence-corrected chi connectivity index (χ2v) is 3.45. The predicted molar refractivity (Wildman–Crippen MR) is 48.6 cm³/mol. The largest absolute Gasteiger partial charge is 0.226 e. The maximum Gasteiger partial charge on any atom is 0.212 e. The Bertz CT molecular complexity index is 334. The number of nitrogens with zero attached hydrogens (tertiary/aromatic N) is 1. The van der Waals surface area contributed by atoms with E-state index < -0.39 is 6.17 Å². The molecule has 0 N–H and O–H groups in total. The van der Waals surface area contributed by atoms with Gasteiger partial charge in [-0.2, -0.15) is 5.26 Å². The van der Waals surface area contributed by atoms with Crippen molar-refractivity contribution < 1.29 is 4.39 Å². The monoisotopic (exact) mass is 247 g/mol. The first-order chi connectivity index (χ1) is 5.65. The lowest BCUT2D eigenvalue weighted by molar-refractivity contribution is 0.422. The van der Waals surface area contributed by atoms with Crippen LogP contribution >= 0.6 is 27.5 Å². The molecular weight excluding hydrogens is 244 g/mol. The third kappa shape index (κ3) is 1.96. The zero-order valence-corrected chi connectivity index (χ0v) is 8.23. The molecule has 0 spiro atoms. The van der Waals surface area contributed by atoms with E-state index in [1.54, 1.807) is 12.1 Å². The summed E-state index contributed by atoms with van der Waals surface area (Å²) in [6, 6.07) is 6.16. The van der Waals surface area contributed by atoms with Gasteiger partial charge in [0, 0.05) is 15.1 Å². The number of benzene rings is 1. The van der Waals surface area contributed by atoms with E-state index in [1.165, 1.54) is 12.1 Å². The van der Waals surface area contributed by atoms with Crippen LogP contribution < -0.4 is 0 Å². The summed E-state index contributed by atoms with van der Waals surface area (Å²) >= 11 is 8.74. The first-order valence-corrected chi connectivity index (χ1v) is 4.31. The molecule has 1 rings (SSSR count). The fourth-order valence-electron chi connectivity index (χ4n) is 0.778. The molecule has 1 aromatic rings. The highest BCUT2D eigenvalue weighted by Crippen LogP contribution is 2.28. The van der Waals surface area contributed by atoms with E-state index in [-0.39, 0.29) is 5.56 Å². The van der Waals surface area contributed by atoms with Crippen LogP contribution in [0.2, 0.25) is 5.02 Å². The minimum absolute atomic E-state index is 0.269. The lowest BCUT2D eigenvalue weighted by Gasteiger charge is -2.02. The van der Waals surface area contributed by atoms with Crippen molar-refractivity contribution >= 4 is 27.5 Å². The van der Waals surface area contributed by atoms with E-state index >= 15 is 0 Å². The van der Waals surface area contributed by atoms with Crippen molar-refractivity contribution in [3.05, 3.63) is 33.3 Å². The van der Waals surface area contributed by atoms with Crippen LogP contribution in [0.5, 0.6) is 0 Å². The lowest BCUT2D eigenvalue weighted by atomic mass is 10.1. The Morgan fingerprint density at radius 1 is 1.58 bits per heavy atom. The molecule has 0 aliphatic carbocycles. The van der Waals surface area contributed by atoms with Crippen LogP contribution in [0.4, 0.5) is 4.39 Å². The van der Waals surface area contributed by atoms with Gasteiger partial charge in [0.2, 0.25) is 6.17 Å². The fourth-order valence-corrected chi connectivity index (χ4v) is 1.41. The smallest absolute Gasteiger partial charge is 0.212 e. The summed E-state index contributed by atoms with van der Waals surface area (Å²) < 4.78 is 13.4. The minimum atomic E-state index is -1.63. The van der Waals surface area contributed by atoms with Crippen molar-refractivity contribution in [2.45, 2.75) is 6.17 Å². The summed E-state index contributed by atoms with van der Waals surface area (Å²) in [5, 5.41) is 8.74. The average molecular weight is 248 g/mol. The van der Waals surface area contributed by atoms with Crippen LogP contribution in [-0.4, -0.2) is 0 Å². The van der Waals surface area contributed by atoms with Crippen molar-refractivity contribution in [3.8, 4) is 6.07 Å². The number of hydrogen-bond donors (Lipinski definition) is 0. The number of alkyl halides is 1. The highest BCUT2D eigenvalue weighted by Gasteiger charge is 2.11. The highest BCUT2D eigenvalue weighted by atomic mass is 79.9. The molecule has 1 atom stereocenters. The molecule has 0 bridgehead atoms. The molecule has 0 aliphatic heterocycles. The zero-order chi connectivity index (χ0) is 9.14. The lowest BCUT2D eigenvalue weighted by Crippen LogP contribution is -1.88. The molecule has 0 saturated carbocycles. The summed E-state index contributed by atoms with van der Waals surface area (Å²) in [4.78, 5) is 0. The quantitative estimate of drug-likeness (QED) is 0.744. The first-order valence-electron chi connectivity index (χ1n) is 3.14. The molecule has 1 aromatic carbocycles. The molecule has 12 heavy (non-hydrogen) atoms. The van der Waals surface area contributed by atoms with Gasteiger partial charge in [-0.1, -0.05) is 27.5 Å². The Morgan fingerprint density at radius 2 is 2.25 bits per heavy atom. The molecular formula is C8H4BrClFN. The van der Waals surface area contributed by atoms with Gasteiger partial charge < -0.3 is 0 Å². The van der Waals surface area contributed by atoms with E-state index in [2.05, 4.69) is 15.9 Å². The maximum atomic E-state index is 12.9. The summed E-state index contributed by atoms with van der Waals surface area (Å²) in [6.07, 6.45) is -1.63. The maximum absolute atomic E-state index is 12.9. The molecule has 4 heteroatoms. The standard InChI is InChI=1S/C8H4BrClFN/c9-7-2-1-5(10)3-6(7)8(11)4-12/h1-3,8H. The van der Waals surface area contributed by atoms with Gasteiger partial charge in [-0.3, -0.25) is 0 Å². The van der Waals surface area contributed by atoms with Crippen LogP contribution in [0, 0.1) is 11.3 Å². The molecule has 1 unspecified atom stereocenters. The summed E-state index contributed by atoms with van der Waals surface area (Å²) in [5.41, 5.74) is 0.269. The third-order valence-corrected chi connectivity index (χ3v) is 2.30. The Hall–Kier alpha value is -0.590. The number of hydrogen-bond acceptors (Lipinski definition) is 1. The number of rotatable bonds is 1. The minimum Gasteiger partial charge on any atom is -0.226 e. The first kappa shape index (κ1) is 9.50. The van der Waals surface area contributed by atoms with E-state index in [9.17, 15) is 4.39 Å². The van der Waals surface area contributed by atoms with Crippen molar-refractivity contribution in [1.82, 2.24) is 0 Å². The summed E-state index contributed by atoms with van der Waals surface area (Å²) in [6.45, 7) is 0. The van der Waals surface area contributed by atoms with Gasteiger partial charge in [0.25, 0.3) is 0 Å². The summed E-state index contributed by atoms with van der Waals surface area (Å²) in [7, 11) is 0. The van der Waals surface area contributed by atoms with Gasteiger partial charge in [-0.15, -0.1) is 0 Å². The van der Waals surface area contributed by atoms with Crippen molar-refractivity contribution in [1.29, 1.82) is 5.26 Å². The molecule has 0 heterocycles. The van der Waals surface area contributed by atoms with Crippen LogP contribution in [0.25, 0.3) is 0 Å². The van der Waals surface area contributed by atoms with Crippen LogP contribution in [-0.2, 0) is 0 Å². The second-order valence-electron chi connectivity index (χ2n) is 2.16. The van der Waals surface area contributed by atoms with Gasteiger partial charge in [0.05, 0.1) is 0 Å². The number of halogens is 3. The van der Waals surface area contributed by atoms with E-state index in [0.29, 0.717) is 9.50 Å². The third-order valence-electron chi connectivity index (χ3n) is 1.34. The number of nitriles is 1. The molecule has 0 radical (unpaired) electrons. The Balaban J connectivity index is 3.15. The van der Waals surface area contributed by atoms with Crippen molar-refractivity contribution in [2.75, 3.05) is 0 Å². The van der Waals surface area contributed by atoms with Gasteiger partial charge in [0.1, 0.15) is 6.07 Å². The molecule has 62 valence electrons. The van der Waals surface area contributed by atoms with E-state index in [1.807, 2.05) is 0 Å². The predicted octanol–water partition coefficient (Wildman–Crippen LogP) is 3.64. The molecule has 1 nitrogen and oxygen atoms in total. The molecule has 0 aromatic heterocycles. The Morgan fingerprint density at radius 3 is 2.83 bits per heavy atom. The molecule has 0 amide bonds.